The van der Waals surface area contributed by atoms with Gasteiger partial charge in [0.05, 0.1) is 13.7 Å². The molecule has 0 atom stereocenters. The van der Waals surface area contributed by atoms with Crippen molar-refractivity contribution in [3.8, 4) is 5.69 Å². The van der Waals surface area contributed by atoms with Crippen molar-refractivity contribution in [2.45, 2.75) is 27.3 Å². The molecule has 3 aromatic rings. The maximum atomic E-state index is 12.9. The third-order valence-corrected chi connectivity index (χ3v) is 5.74. The number of aromatic nitrogens is 1. The highest BCUT2D eigenvalue weighted by Gasteiger charge is 2.34. The van der Waals surface area contributed by atoms with Gasteiger partial charge < -0.3 is 19.0 Å². The van der Waals surface area contributed by atoms with Gasteiger partial charge in [0.1, 0.15) is 11.5 Å². The Hall–Kier alpha value is -3.78. The number of halogens is 1. The lowest BCUT2D eigenvalue weighted by Crippen LogP contribution is -2.30. The molecule has 0 aliphatic carbocycles. The van der Waals surface area contributed by atoms with Gasteiger partial charge in [-0.25, -0.2) is 9.59 Å². The Morgan fingerprint density at radius 1 is 1.15 bits per heavy atom. The number of aryl methyl sites for hydroxylation is 2. The zero-order valence-electron chi connectivity index (χ0n) is 18.6. The Morgan fingerprint density at radius 2 is 1.91 bits per heavy atom. The highest BCUT2D eigenvalue weighted by atomic mass is 35.5. The number of carbonyl (C=O) groups excluding carboxylic acids is 3. The number of imide groups is 1. The number of benzene rings is 1. The molecule has 3 amide bonds. The molecule has 1 aliphatic rings. The quantitative estimate of drug-likeness (QED) is 0.338. The lowest BCUT2D eigenvalue weighted by Gasteiger charge is -2.13. The molecule has 0 bridgehead atoms. The van der Waals surface area contributed by atoms with Gasteiger partial charge in [0.2, 0.25) is 5.76 Å². The number of rotatable bonds is 5. The zero-order chi connectivity index (χ0) is 23.9. The van der Waals surface area contributed by atoms with Gasteiger partial charge in [0.25, 0.3) is 5.91 Å². The van der Waals surface area contributed by atoms with Crippen molar-refractivity contribution < 1.29 is 23.5 Å². The number of hydrogen-bond acceptors (Lipinski definition) is 5. The molecule has 1 N–H and O–H groups in total. The summed E-state index contributed by atoms with van der Waals surface area (Å²) in [5.41, 5.74) is 4.82. The van der Waals surface area contributed by atoms with E-state index >= 15 is 0 Å². The van der Waals surface area contributed by atoms with Gasteiger partial charge in [-0.15, -0.1) is 0 Å². The first-order chi connectivity index (χ1) is 15.7. The molecule has 9 heteroatoms. The molecule has 1 aliphatic heterocycles. The maximum absolute atomic E-state index is 12.9. The van der Waals surface area contributed by atoms with Crippen LogP contribution in [-0.4, -0.2) is 34.5 Å². The van der Waals surface area contributed by atoms with Gasteiger partial charge in [-0.3, -0.25) is 9.69 Å². The maximum Gasteiger partial charge on any atom is 0.373 e. The van der Waals surface area contributed by atoms with E-state index in [2.05, 4.69) is 14.6 Å². The number of furan rings is 1. The fraction of sp³-hybridized carbons (Fsp3) is 0.208. The molecule has 1 saturated heterocycles. The molecule has 1 fully saturated rings. The number of methoxy groups -OCH3 is 1. The van der Waals surface area contributed by atoms with Crippen molar-refractivity contribution in [2.24, 2.45) is 0 Å². The van der Waals surface area contributed by atoms with Crippen LogP contribution in [-0.2, 0) is 16.1 Å². The van der Waals surface area contributed by atoms with Gasteiger partial charge in [0.15, 0.2) is 0 Å². The zero-order valence-corrected chi connectivity index (χ0v) is 19.3. The van der Waals surface area contributed by atoms with E-state index in [1.807, 2.05) is 45.0 Å². The van der Waals surface area contributed by atoms with Crippen molar-refractivity contribution >= 4 is 35.6 Å². The number of urea groups is 1. The van der Waals surface area contributed by atoms with E-state index in [1.165, 1.54) is 19.2 Å². The summed E-state index contributed by atoms with van der Waals surface area (Å²) in [6, 6.07) is 10.0. The number of ether oxygens (including phenoxy) is 1. The largest absolute Gasteiger partial charge is 0.463 e. The van der Waals surface area contributed by atoms with Crippen LogP contribution in [0.3, 0.4) is 0 Å². The molecule has 8 nitrogen and oxygen atoms in total. The lowest BCUT2D eigenvalue weighted by atomic mass is 10.2. The molecule has 33 heavy (non-hydrogen) atoms. The van der Waals surface area contributed by atoms with Crippen LogP contribution in [0.25, 0.3) is 11.8 Å². The van der Waals surface area contributed by atoms with Crippen LogP contribution in [0.2, 0.25) is 5.02 Å². The molecule has 0 spiro atoms. The smallest absolute Gasteiger partial charge is 0.373 e. The molecule has 3 heterocycles. The van der Waals surface area contributed by atoms with Gasteiger partial charge in [-0.2, -0.15) is 0 Å². The van der Waals surface area contributed by atoms with E-state index in [0.717, 1.165) is 33.1 Å². The lowest BCUT2D eigenvalue weighted by molar-refractivity contribution is -0.123. The van der Waals surface area contributed by atoms with E-state index in [1.54, 1.807) is 6.08 Å². The minimum absolute atomic E-state index is 0.000863. The van der Waals surface area contributed by atoms with Crippen LogP contribution < -0.4 is 5.32 Å². The highest BCUT2D eigenvalue weighted by Crippen LogP contribution is 2.28. The van der Waals surface area contributed by atoms with E-state index in [0.29, 0.717) is 5.02 Å². The molecule has 2 aromatic heterocycles. The topological polar surface area (TPSA) is 93.8 Å². The van der Waals surface area contributed by atoms with Crippen LogP contribution in [0.4, 0.5) is 4.79 Å². The average Bonchev–Trinajstić information content (AvgIpc) is 3.43. The summed E-state index contributed by atoms with van der Waals surface area (Å²) in [6.07, 6.45) is 1.65. The third-order valence-electron chi connectivity index (χ3n) is 5.51. The number of carbonyl (C=O) groups is 3. The van der Waals surface area contributed by atoms with Gasteiger partial charge in [-0.1, -0.05) is 17.7 Å². The normalized spacial score (nSPS) is 14.8. The highest BCUT2D eigenvalue weighted by molar-refractivity contribution is 6.30. The van der Waals surface area contributed by atoms with Gasteiger partial charge in [-0.05, 0) is 68.3 Å². The van der Waals surface area contributed by atoms with E-state index < -0.39 is 17.9 Å². The molecule has 4 rings (SSSR count). The fourth-order valence-electron chi connectivity index (χ4n) is 3.83. The number of nitrogens with one attached hydrogen (secondary N) is 1. The predicted molar refractivity (Wildman–Crippen MR) is 122 cm³/mol. The van der Waals surface area contributed by atoms with Crippen molar-refractivity contribution in [2.75, 3.05) is 7.11 Å². The van der Waals surface area contributed by atoms with Gasteiger partial charge in [0, 0.05) is 22.1 Å². The second-order valence-electron chi connectivity index (χ2n) is 7.73. The molecular formula is C24H22ClN3O5. The number of amides is 3. The molecule has 0 unspecified atom stereocenters. The minimum atomic E-state index is -0.635. The summed E-state index contributed by atoms with van der Waals surface area (Å²) >= 11 is 6.20. The first-order valence-corrected chi connectivity index (χ1v) is 10.5. The fourth-order valence-corrected chi connectivity index (χ4v) is 3.99. The number of esters is 1. The van der Waals surface area contributed by atoms with Crippen molar-refractivity contribution in [3.05, 3.63) is 81.2 Å². The SMILES string of the molecule is COC(=O)c1ccc(CN2C(=O)NC(=Cc3cc(C)n(-c4cc(Cl)ccc4C)c3C)C2=O)o1. The first-order valence-electron chi connectivity index (χ1n) is 10.2. The summed E-state index contributed by atoms with van der Waals surface area (Å²) in [7, 11) is 1.24. The van der Waals surface area contributed by atoms with E-state index in [-0.39, 0.29) is 23.8 Å². The summed E-state index contributed by atoms with van der Waals surface area (Å²) in [4.78, 5) is 37.9. The van der Waals surface area contributed by atoms with Crippen LogP contribution in [0.15, 0.2) is 46.5 Å². The predicted octanol–water partition coefficient (Wildman–Crippen LogP) is 4.53. The van der Waals surface area contributed by atoms with Gasteiger partial charge >= 0.3 is 12.0 Å². The molecule has 0 saturated carbocycles. The standard InChI is InChI=1S/C24H22ClN3O5/c1-13-5-6-17(25)11-20(13)28-14(2)9-16(15(28)3)10-19-22(29)27(24(31)26-19)12-18-7-8-21(33-18)23(30)32-4/h5-11H,12H2,1-4H3,(H,26,31). The van der Waals surface area contributed by atoms with E-state index in [4.69, 9.17) is 16.0 Å². The van der Waals surface area contributed by atoms with E-state index in [9.17, 15) is 14.4 Å². The second-order valence-corrected chi connectivity index (χ2v) is 8.17. The Morgan fingerprint density at radius 3 is 2.64 bits per heavy atom. The second kappa shape index (κ2) is 8.63. The summed E-state index contributed by atoms with van der Waals surface area (Å²) in [6.45, 7) is 5.80. The average molecular weight is 468 g/mol. The Balaban J connectivity index is 1.61. The minimum Gasteiger partial charge on any atom is -0.463 e. The van der Waals surface area contributed by atoms with Crippen molar-refractivity contribution in [1.29, 1.82) is 0 Å². The van der Waals surface area contributed by atoms with Crippen molar-refractivity contribution in [3.63, 3.8) is 0 Å². The first kappa shape index (κ1) is 22.4. The number of hydrogen-bond donors (Lipinski definition) is 1. The Bertz CT molecular complexity index is 1320. The van der Waals surface area contributed by atoms with Crippen LogP contribution in [0, 0.1) is 20.8 Å². The summed E-state index contributed by atoms with van der Waals surface area (Å²) in [5.74, 6) is -0.835. The van der Waals surface area contributed by atoms with Crippen molar-refractivity contribution in [1.82, 2.24) is 14.8 Å². The van der Waals surface area contributed by atoms with Crippen LogP contribution >= 0.6 is 11.6 Å². The van der Waals surface area contributed by atoms with Crippen LogP contribution in [0.1, 0.15) is 38.8 Å². The van der Waals surface area contributed by atoms with Crippen LogP contribution in [0.5, 0.6) is 0 Å². The molecule has 170 valence electrons. The monoisotopic (exact) mass is 467 g/mol. The molecule has 0 radical (unpaired) electrons. The Labute approximate surface area is 195 Å². The summed E-state index contributed by atoms with van der Waals surface area (Å²) in [5, 5.41) is 3.24. The number of nitrogens with zero attached hydrogens (tertiary/aromatic N) is 2. The molecule has 1 aromatic carbocycles. The summed E-state index contributed by atoms with van der Waals surface area (Å²) < 4.78 is 12.0. The molecular weight excluding hydrogens is 446 g/mol. The third kappa shape index (κ3) is 4.17. The Kier molecular flexibility index (Phi) is 5.86.